The first-order chi connectivity index (χ1) is 12.2. The molecule has 0 unspecified atom stereocenters. The number of piperidine rings is 1. The molecule has 25 heavy (non-hydrogen) atoms. The molecule has 1 atom stereocenters. The Bertz CT molecular complexity index is 640. The minimum atomic E-state index is -0.373. The molecule has 1 amide bonds. The van der Waals surface area contributed by atoms with Crippen LogP contribution in [0, 0.1) is 5.92 Å². The van der Waals surface area contributed by atoms with Crippen molar-refractivity contribution in [3.8, 4) is 0 Å². The van der Waals surface area contributed by atoms with Crippen LogP contribution in [0.5, 0.6) is 0 Å². The first-order valence-electron chi connectivity index (χ1n) is 9.94. The van der Waals surface area contributed by atoms with E-state index in [0.29, 0.717) is 6.54 Å². The zero-order valence-corrected chi connectivity index (χ0v) is 14.9. The van der Waals surface area contributed by atoms with Crippen LogP contribution in [0.15, 0.2) is 12.4 Å². The third-order valence-corrected chi connectivity index (χ3v) is 6.42. The molecule has 3 fully saturated rings. The number of carbonyl (C=O) groups excluding carboxylic acids is 1. The summed E-state index contributed by atoms with van der Waals surface area (Å²) in [6, 6.07) is 0. The van der Waals surface area contributed by atoms with E-state index in [4.69, 9.17) is 4.74 Å². The molecule has 0 aromatic carbocycles. The third-order valence-electron chi connectivity index (χ3n) is 6.42. The highest BCUT2D eigenvalue weighted by molar-refractivity contribution is 5.81. The Hall–Kier alpha value is -1.40. The van der Waals surface area contributed by atoms with E-state index < -0.39 is 0 Å². The molecular weight excluding hydrogens is 316 g/mol. The van der Waals surface area contributed by atoms with Gasteiger partial charge in [-0.15, -0.1) is 0 Å². The molecule has 1 aromatic rings. The molecule has 1 spiro atoms. The molecule has 3 aliphatic heterocycles. The smallest absolute Gasteiger partial charge is 0.253 e. The molecule has 6 heteroatoms. The Morgan fingerprint density at radius 1 is 1.20 bits per heavy atom. The lowest BCUT2D eigenvalue weighted by atomic mass is 9.88. The number of aromatic nitrogens is 2. The number of carbonyl (C=O) groups is 1. The number of likely N-dealkylation sites (tertiary alicyclic amines) is 2. The second-order valence-corrected chi connectivity index (χ2v) is 8.28. The Labute approximate surface area is 149 Å². The molecule has 0 bridgehead atoms. The van der Waals surface area contributed by atoms with Gasteiger partial charge in [-0.25, -0.2) is 4.98 Å². The standard InChI is InChI=1S/C19H28N4O2/c24-17(22-8-1-2-9-22)16-14-23-12-7-20-18(23)19(25-16)5-10-21(11-6-19)13-15-3-4-15/h7,12,15-16H,1-6,8-11,13-14H2/t16-/m0/s1. The van der Waals surface area contributed by atoms with Gasteiger partial charge in [0.1, 0.15) is 11.4 Å². The Morgan fingerprint density at radius 2 is 1.96 bits per heavy atom. The normalized spacial score (nSPS) is 29.1. The molecule has 136 valence electrons. The summed E-state index contributed by atoms with van der Waals surface area (Å²) in [7, 11) is 0. The van der Waals surface area contributed by atoms with Crippen molar-refractivity contribution in [1.82, 2.24) is 19.4 Å². The van der Waals surface area contributed by atoms with E-state index >= 15 is 0 Å². The van der Waals surface area contributed by atoms with Crippen molar-refractivity contribution in [3.63, 3.8) is 0 Å². The quantitative estimate of drug-likeness (QED) is 0.836. The zero-order valence-electron chi connectivity index (χ0n) is 14.9. The van der Waals surface area contributed by atoms with Crippen molar-refractivity contribution in [1.29, 1.82) is 0 Å². The molecule has 1 saturated carbocycles. The summed E-state index contributed by atoms with van der Waals surface area (Å²) in [5.74, 6) is 2.13. The largest absolute Gasteiger partial charge is 0.352 e. The van der Waals surface area contributed by atoms with E-state index in [2.05, 4.69) is 14.5 Å². The fraction of sp³-hybridized carbons (Fsp3) is 0.789. The van der Waals surface area contributed by atoms with Crippen LogP contribution < -0.4 is 0 Å². The maximum absolute atomic E-state index is 12.9. The fourth-order valence-electron chi connectivity index (χ4n) is 4.77. The van der Waals surface area contributed by atoms with Crippen molar-refractivity contribution in [2.24, 2.45) is 5.92 Å². The molecular formula is C19H28N4O2. The van der Waals surface area contributed by atoms with Crippen molar-refractivity contribution in [2.45, 2.75) is 56.8 Å². The maximum Gasteiger partial charge on any atom is 0.253 e. The van der Waals surface area contributed by atoms with Crippen LogP contribution in [0.3, 0.4) is 0 Å². The van der Waals surface area contributed by atoms with E-state index in [-0.39, 0.29) is 17.6 Å². The van der Waals surface area contributed by atoms with E-state index in [1.165, 1.54) is 19.4 Å². The van der Waals surface area contributed by atoms with Gasteiger partial charge in [0, 0.05) is 45.1 Å². The first-order valence-corrected chi connectivity index (χ1v) is 9.94. The van der Waals surface area contributed by atoms with Gasteiger partial charge in [0.15, 0.2) is 6.10 Å². The van der Waals surface area contributed by atoms with Crippen LogP contribution in [0.4, 0.5) is 0 Å². The minimum absolute atomic E-state index is 0.177. The van der Waals surface area contributed by atoms with Gasteiger partial charge in [-0.1, -0.05) is 0 Å². The van der Waals surface area contributed by atoms with Crippen LogP contribution in [0.1, 0.15) is 44.3 Å². The topological polar surface area (TPSA) is 50.6 Å². The summed E-state index contributed by atoms with van der Waals surface area (Å²) < 4.78 is 8.71. The molecule has 2 saturated heterocycles. The molecule has 5 rings (SSSR count). The zero-order chi connectivity index (χ0) is 16.9. The predicted molar refractivity (Wildman–Crippen MR) is 93.0 cm³/mol. The molecule has 6 nitrogen and oxygen atoms in total. The monoisotopic (exact) mass is 344 g/mol. The highest BCUT2D eigenvalue weighted by Gasteiger charge is 2.48. The van der Waals surface area contributed by atoms with Crippen molar-refractivity contribution >= 4 is 5.91 Å². The fourth-order valence-corrected chi connectivity index (χ4v) is 4.77. The van der Waals surface area contributed by atoms with Crippen LogP contribution in [-0.4, -0.2) is 64.1 Å². The summed E-state index contributed by atoms with van der Waals surface area (Å²) in [4.78, 5) is 22.1. The number of imidazole rings is 1. The van der Waals surface area contributed by atoms with Crippen LogP contribution >= 0.6 is 0 Å². The lowest BCUT2D eigenvalue weighted by Gasteiger charge is -2.46. The Kier molecular flexibility index (Phi) is 3.86. The summed E-state index contributed by atoms with van der Waals surface area (Å²) in [5.41, 5.74) is -0.373. The first kappa shape index (κ1) is 15.8. The van der Waals surface area contributed by atoms with E-state index in [1.807, 2.05) is 17.3 Å². The van der Waals surface area contributed by atoms with Gasteiger partial charge < -0.3 is 19.1 Å². The van der Waals surface area contributed by atoms with Gasteiger partial charge in [-0.3, -0.25) is 4.79 Å². The van der Waals surface area contributed by atoms with Crippen molar-refractivity contribution in [3.05, 3.63) is 18.2 Å². The number of hydrogen-bond donors (Lipinski definition) is 0. The highest BCUT2D eigenvalue weighted by Crippen LogP contribution is 2.41. The van der Waals surface area contributed by atoms with Crippen LogP contribution in [0.2, 0.25) is 0 Å². The van der Waals surface area contributed by atoms with Gasteiger partial charge >= 0.3 is 0 Å². The minimum Gasteiger partial charge on any atom is -0.352 e. The van der Waals surface area contributed by atoms with Crippen LogP contribution in [-0.2, 0) is 21.7 Å². The van der Waals surface area contributed by atoms with Crippen molar-refractivity contribution < 1.29 is 9.53 Å². The van der Waals surface area contributed by atoms with E-state index in [0.717, 1.165) is 63.6 Å². The second-order valence-electron chi connectivity index (χ2n) is 8.28. The van der Waals surface area contributed by atoms with Crippen LogP contribution in [0.25, 0.3) is 0 Å². The molecule has 0 radical (unpaired) electrons. The summed E-state index contributed by atoms with van der Waals surface area (Å²) in [6.45, 7) is 5.72. The van der Waals surface area contributed by atoms with Crippen molar-refractivity contribution in [2.75, 3.05) is 32.7 Å². The van der Waals surface area contributed by atoms with Gasteiger partial charge in [0.25, 0.3) is 5.91 Å². The predicted octanol–water partition coefficient (Wildman–Crippen LogP) is 1.61. The van der Waals surface area contributed by atoms with E-state index in [1.54, 1.807) is 0 Å². The summed E-state index contributed by atoms with van der Waals surface area (Å²) in [6.07, 6.45) is 10.5. The molecule has 1 aliphatic carbocycles. The number of rotatable bonds is 3. The van der Waals surface area contributed by atoms with E-state index in [9.17, 15) is 4.79 Å². The SMILES string of the molecule is O=C([C@@H]1Cn2ccnc2C2(CCN(CC3CC3)CC2)O1)N1CCCC1. The maximum atomic E-state index is 12.9. The molecule has 4 aliphatic rings. The summed E-state index contributed by atoms with van der Waals surface area (Å²) in [5, 5.41) is 0. The summed E-state index contributed by atoms with van der Waals surface area (Å²) >= 11 is 0. The number of nitrogens with zero attached hydrogens (tertiary/aromatic N) is 4. The lowest BCUT2D eigenvalue weighted by molar-refractivity contribution is -0.180. The Balaban J connectivity index is 1.34. The Morgan fingerprint density at radius 3 is 2.68 bits per heavy atom. The second kappa shape index (κ2) is 6.09. The number of fused-ring (bicyclic) bond motifs is 2. The molecule has 0 N–H and O–H groups in total. The van der Waals surface area contributed by atoms with Gasteiger partial charge in [-0.2, -0.15) is 0 Å². The van der Waals surface area contributed by atoms with Gasteiger partial charge in [-0.05, 0) is 44.4 Å². The lowest BCUT2D eigenvalue weighted by Crippen LogP contribution is -2.54. The average Bonchev–Trinajstić information content (AvgIpc) is 3.11. The number of amides is 1. The third kappa shape index (κ3) is 2.89. The average molecular weight is 344 g/mol. The molecule has 4 heterocycles. The highest BCUT2D eigenvalue weighted by atomic mass is 16.5. The van der Waals surface area contributed by atoms with Gasteiger partial charge in [0.2, 0.25) is 0 Å². The number of hydrogen-bond acceptors (Lipinski definition) is 4. The number of ether oxygens (including phenoxy) is 1. The van der Waals surface area contributed by atoms with Gasteiger partial charge in [0.05, 0.1) is 6.54 Å². The molecule has 1 aromatic heterocycles.